The predicted octanol–water partition coefficient (Wildman–Crippen LogP) is 4.38. The van der Waals surface area contributed by atoms with E-state index in [0.29, 0.717) is 12.4 Å². The number of alkyl halides is 3. The maximum atomic E-state index is 5.97. The minimum Gasteiger partial charge on any atom is -0.497 e. The van der Waals surface area contributed by atoms with E-state index in [-0.39, 0.29) is 11.8 Å². The molecule has 9 heteroatoms. The van der Waals surface area contributed by atoms with Crippen molar-refractivity contribution in [1.82, 2.24) is 19.9 Å². The number of aromatic nitrogens is 4. The Balaban J connectivity index is 1.93. The predicted molar refractivity (Wildman–Crippen MR) is 103 cm³/mol. The summed E-state index contributed by atoms with van der Waals surface area (Å²) >= 11 is 17.9. The summed E-state index contributed by atoms with van der Waals surface area (Å²) < 4.78 is 3.39. The van der Waals surface area contributed by atoms with Crippen molar-refractivity contribution in [2.75, 3.05) is 12.4 Å². The van der Waals surface area contributed by atoms with Gasteiger partial charge in [-0.05, 0) is 36.4 Å². The van der Waals surface area contributed by atoms with Gasteiger partial charge in [0.25, 0.3) is 0 Å². The number of halogens is 3. The molecule has 0 aliphatic heterocycles. The minimum atomic E-state index is -1.77. The molecule has 1 aromatic carbocycles. The first-order valence-corrected chi connectivity index (χ1v) is 8.70. The van der Waals surface area contributed by atoms with Gasteiger partial charge < -0.3 is 10.1 Å². The van der Waals surface area contributed by atoms with Gasteiger partial charge in [0.05, 0.1) is 19.3 Å². The Kier molecular flexibility index (Phi) is 5.76. The molecule has 134 valence electrons. The van der Waals surface area contributed by atoms with E-state index in [9.17, 15) is 0 Å². The van der Waals surface area contributed by atoms with Crippen molar-refractivity contribution in [3.05, 3.63) is 60.2 Å². The van der Waals surface area contributed by atoms with Crippen LogP contribution < -0.4 is 10.1 Å². The molecule has 3 rings (SSSR count). The van der Waals surface area contributed by atoms with E-state index in [1.165, 1.54) is 0 Å². The van der Waals surface area contributed by atoms with Gasteiger partial charge in [0.15, 0.2) is 11.6 Å². The van der Waals surface area contributed by atoms with Crippen LogP contribution in [0.3, 0.4) is 0 Å². The molecule has 1 N–H and O–H groups in total. The second-order valence-corrected chi connectivity index (χ2v) is 7.49. The molecule has 0 bridgehead atoms. The van der Waals surface area contributed by atoms with E-state index in [1.807, 2.05) is 30.3 Å². The minimum absolute atomic E-state index is 0.0341. The second-order valence-electron chi connectivity index (χ2n) is 5.21. The summed E-state index contributed by atoms with van der Waals surface area (Å²) in [5.74, 6) is 1.43. The van der Waals surface area contributed by atoms with Gasteiger partial charge in [-0.3, -0.25) is 4.98 Å². The van der Waals surface area contributed by atoms with Crippen molar-refractivity contribution >= 4 is 40.8 Å². The van der Waals surface area contributed by atoms with Crippen molar-refractivity contribution in [2.24, 2.45) is 0 Å². The number of nitrogens with one attached hydrogen (secondary N) is 1. The summed E-state index contributed by atoms with van der Waals surface area (Å²) in [6.07, 6.45) is 1.71. The van der Waals surface area contributed by atoms with E-state index in [1.54, 1.807) is 25.4 Å². The first-order valence-electron chi connectivity index (χ1n) is 7.57. The highest BCUT2D eigenvalue weighted by Gasteiger charge is 2.28. The summed E-state index contributed by atoms with van der Waals surface area (Å²) in [5.41, 5.74) is 1.57. The molecule has 0 saturated carbocycles. The number of rotatable bonds is 5. The van der Waals surface area contributed by atoms with Crippen molar-refractivity contribution in [3.63, 3.8) is 0 Å². The number of hydrogen-bond donors (Lipinski definition) is 1. The van der Waals surface area contributed by atoms with Gasteiger partial charge in [-0.1, -0.05) is 40.9 Å². The summed E-state index contributed by atoms with van der Waals surface area (Å²) in [6, 6.07) is 12.9. The monoisotopic (exact) mass is 409 g/mol. The van der Waals surface area contributed by atoms with Crippen molar-refractivity contribution in [3.8, 4) is 17.1 Å². The van der Waals surface area contributed by atoms with Crippen molar-refractivity contribution in [1.29, 1.82) is 0 Å². The van der Waals surface area contributed by atoms with Gasteiger partial charge in [-0.15, -0.1) is 0 Å². The second kappa shape index (κ2) is 8.03. The number of nitrogens with zero attached hydrogens (tertiary/aromatic N) is 4. The Bertz CT molecular complexity index is 870. The molecule has 0 saturated heterocycles. The van der Waals surface area contributed by atoms with Crippen LogP contribution in [-0.4, -0.2) is 27.0 Å². The first kappa shape index (κ1) is 18.6. The lowest BCUT2D eigenvalue weighted by molar-refractivity contribution is 0.415. The molecular formula is C17H14Cl3N5O. The zero-order chi connectivity index (χ0) is 18.6. The number of hydrogen-bond acceptors (Lipinski definition) is 6. The summed E-state index contributed by atoms with van der Waals surface area (Å²) in [6.45, 7) is 0.423. The van der Waals surface area contributed by atoms with Crippen molar-refractivity contribution in [2.45, 2.75) is 10.3 Å². The Hall–Kier alpha value is -2.15. The average Bonchev–Trinajstić information content (AvgIpc) is 2.66. The molecule has 0 atom stereocenters. The largest absolute Gasteiger partial charge is 0.497 e. The number of pyridine rings is 1. The fourth-order valence-electron chi connectivity index (χ4n) is 2.12. The maximum Gasteiger partial charge on any atom is 0.250 e. The molecule has 0 fully saturated rings. The summed E-state index contributed by atoms with van der Waals surface area (Å²) in [7, 11) is 1.60. The lowest BCUT2D eigenvalue weighted by Gasteiger charge is -2.13. The Morgan fingerprint density at radius 3 is 2.38 bits per heavy atom. The first-order chi connectivity index (χ1) is 12.5. The molecule has 2 heterocycles. The molecule has 3 aromatic rings. The van der Waals surface area contributed by atoms with Crippen LogP contribution in [-0.2, 0) is 10.3 Å². The average molecular weight is 411 g/mol. The van der Waals surface area contributed by atoms with Gasteiger partial charge in [0.1, 0.15) is 5.75 Å². The molecule has 6 nitrogen and oxygen atoms in total. The fraction of sp³-hybridized carbons (Fsp3) is 0.176. The highest BCUT2D eigenvalue weighted by molar-refractivity contribution is 6.66. The Labute approximate surface area is 165 Å². The smallest absolute Gasteiger partial charge is 0.250 e. The van der Waals surface area contributed by atoms with Gasteiger partial charge in [0, 0.05) is 11.8 Å². The topological polar surface area (TPSA) is 72.8 Å². The van der Waals surface area contributed by atoms with Crippen LogP contribution in [0.1, 0.15) is 11.5 Å². The maximum absolute atomic E-state index is 5.97. The third-order valence-corrected chi connectivity index (χ3v) is 3.90. The van der Waals surface area contributed by atoms with Gasteiger partial charge in [-0.2, -0.15) is 9.97 Å². The van der Waals surface area contributed by atoms with E-state index in [4.69, 9.17) is 39.5 Å². The lowest BCUT2D eigenvalue weighted by atomic mass is 10.2. The van der Waals surface area contributed by atoms with Crippen LogP contribution >= 0.6 is 34.8 Å². The number of anilines is 1. The van der Waals surface area contributed by atoms with Crippen LogP contribution in [0.5, 0.6) is 5.75 Å². The van der Waals surface area contributed by atoms with E-state index < -0.39 is 3.79 Å². The Morgan fingerprint density at radius 2 is 1.77 bits per heavy atom. The third-order valence-electron chi connectivity index (χ3n) is 3.39. The Morgan fingerprint density at radius 1 is 1.00 bits per heavy atom. The van der Waals surface area contributed by atoms with Crippen LogP contribution in [0.25, 0.3) is 11.4 Å². The quantitative estimate of drug-likeness (QED) is 0.629. The molecule has 0 spiro atoms. The van der Waals surface area contributed by atoms with Crippen LogP contribution in [0, 0.1) is 0 Å². The van der Waals surface area contributed by atoms with Crippen LogP contribution in [0.2, 0.25) is 0 Å². The standard InChI is InChI=1S/C17H14Cl3N5O/c1-26-13-7-5-11(6-8-13)14-23-15(17(18,19)20)25-16(24-14)22-10-12-4-2-3-9-21-12/h2-9H,10H2,1H3,(H,22,23,24,25). The highest BCUT2D eigenvalue weighted by Crippen LogP contribution is 2.37. The zero-order valence-electron chi connectivity index (χ0n) is 13.7. The molecule has 26 heavy (non-hydrogen) atoms. The summed E-state index contributed by atoms with van der Waals surface area (Å²) in [5, 5.41) is 3.08. The normalized spacial score (nSPS) is 11.2. The van der Waals surface area contributed by atoms with Gasteiger partial charge >= 0.3 is 0 Å². The molecule has 0 radical (unpaired) electrons. The fourth-order valence-corrected chi connectivity index (χ4v) is 2.38. The highest BCUT2D eigenvalue weighted by atomic mass is 35.6. The molecule has 0 amide bonds. The van der Waals surface area contributed by atoms with Gasteiger partial charge in [-0.25, -0.2) is 4.98 Å². The zero-order valence-corrected chi connectivity index (χ0v) is 15.9. The molecular weight excluding hydrogens is 397 g/mol. The van der Waals surface area contributed by atoms with Crippen LogP contribution in [0.15, 0.2) is 48.7 Å². The lowest BCUT2D eigenvalue weighted by Crippen LogP contribution is -2.13. The van der Waals surface area contributed by atoms with Crippen LogP contribution in [0.4, 0.5) is 5.95 Å². The van der Waals surface area contributed by atoms with E-state index >= 15 is 0 Å². The number of benzene rings is 1. The van der Waals surface area contributed by atoms with Gasteiger partial charge in [0.2, 0.25) is 9.74 Å². The molecule has 0 aliphatic rings. The molecule has 0 unspecified atom stereocenters. The SMILES string of the molecule is COc1ccc(-c2nc(NCc3ccccn3)nc(C(Cl)(Cl)Cl)n2)cc1. The molecule has 0 aliphatic carbocycles. The number of ether oxygens (including phenoxy) is 1. The van der Waals surface area contributed by atoms with E-state index in [0.717, 1.165) is 17.0 Å². The third kappa shape index (κ3) is 4.72. The number of methoxy groups -OCH3 is 1. The van der Waals surface area contributed by atoms with E-state index in [2.05, 4.69) is 25.3 Å². The molecule has 2 aromatic heterocycles. The summed E-state index contributed by atoms with van der Waals surface area (Å²) in [4.78, 5) is 17.1. The van der Waals surface area contributed by atoms with Crippen molar-refractivity contribution < 1.29 is 4.74 Å².